The van der Waals surface area contributed by atoms with Gasteiger partial charge in [-0.2, -0.15) is 0 Å². The van der Waals surface area contributed by atoms with E-state index in [-0.39, 0.29) is 0 Å². The van der Waals surface area contributed by atoms with E-state index in [1.807, 2.05) is 31.2 Å². The van der Waals surface area contributed by atoms with E-state index in [1.54, 1.807) is 6.08 Å². The van der Waals surface area contributed by atoms with Gasteiger partial charge in [-0.1, -0.05) is 18.7 Å². The summed E-state index contributed by atoms with van der Waals surface area (Å²) in [5, 5.41) is 0. The third kappa shape index (κ3) is 3.06. The summed E-state index contributed by atoms with van der Waals surface area (Å²) < 4.78 is 17.0. The molecule has 0 saturated carbocycles. The Kier molecular flexibility index (Phi) is 4.40. The molecule has 0 aliphatic carbocycles. The third-order valence-electron chi connectivity index (χ3n) is 3.17. The summed E-state index contributed by atoms with van der Waals surface area (Å²) in [5.74, 6) is 0.166. The van der Waals surface area contributed by atoms with Crippen LogP contribution in [0.3, 0.4) is 0 Å². The maximum atomic E-state index is 5.69. The minimum absolute atomic E-state index is 0.619. The van der Waals surface area contributed by atoms with Crippen LogP contribution in [0.15, 0.2) is 37.4 Å². The van der Waals surface area contributed by atoms with Crippen molar-refractivity contribution in [2.45, 2.75) is 19.1 Å². The van der Waals surface area contributed by atoms with Gasteiger partial charge in [0.25, 0.3) is 0 Å². The van der Waals surface area contributed by atoms with E-state index in [9.17, 15) is 0 Å². The molecule has 1 aromatic rings. The van der Waals surface area contributed by atoms with Gasteiger partial charge in [0.1, 0.15) is 5.75 Å². The molecule has 0 spiro atoms. The van der Waals surface area contributed by atoms with Gasteiger partial charge in [0.05, 0.1) is 19.8 Å². The first kappa shape index (κ1) is 13.8. The molecule has 1 heterocycles. The van der Waals surface area contributed by atoms with Gasteiger partial charge in [-0.15, -0.1) is 6.58 Å². The normalized spacial score (nSPS) is 17.1. The minimum atomic E-state index is -0.655. The van der Waals surface area contributed by atoms with Gasteiger partial charge in [0.15, 0.2) is 5.79 Å². The number of rotatable bonds is 6. The molecule has 1 aliphatic rings. The molecule has 1 aromatic carbocycles. The van der Waals surface area contributed by atoms with E-state index in [0.29, 0.717) is 19.8 Å². The Labute approximate surface area is 114 Å². The Morgan fingerprint density at radius 3 is 2.68 bits per heavy atom. The summed E-state index contributed by atoms with van der Waals surface area (Å²) in [6.45, 7) is 11.3. The second-order valence-electron chi connectivity index (χ2n) is 4.53. The van der Waals surface area contributed by atoms with Crippen molar-refractivity contribution in [1.29, 1.82) is 0 Å². The molecule has 102 valence electrons. The van der Waals surface area contributed by atoms with E-state index in [2.05, 4.69) is 13.2 Å². The van der Waals surface area contributed by atoms with Gasteiger partial charge >= 0.3 is 0 Å². The van der Waals surface area contributed by atoms with Crippen molar-refractivity contribution in [3.05, 3.63) is 48.6 Å². The average molecular weight is 260 g/mol. The fraction of sp³-hybridized carbons (Fsp3) is 0.375. The maximum absolute atomic E-state index is 5.69. The van der Waals surface area contributed by atoms with Crippen molar-refractivity contribution < 1.29 is 14.2 Å². The average Bonchev–Trinajstić information content (AvgIpc) is 2.87. The van der Waals surface area contributed by atoms with E-state index in [4.69, 9.17) is 14.2 Å². The monoisotopic (exact) mass is 260 g/mol. The molecule has 0 aromatic heterocycles. The van der Waals surface area contributed by atoms with Crippen LogP contribution in [0.5, 0.6) is 5.75 Å². The number of hydrogen-bond acceptors (Lipinski definition) is 3. The predicted octanol–water partition coefficient (Wildman–Crippen LogP) is 3.50. The Morgan fingerprint density at radius 1 is 1.32 bits per heavy atom. The van der Waals surface area contributed by atoms with Crippen LogP contribution in [0.2, 0.25) is 0 Å². The first-order valence-corrected chi connectivity index (χ1v) is 6.48. The Hall–Kier alpha value is -1.58. The van der Waals surface area contributed by atoms with Gasteiger partial charge in [0, 0.05) is 11.1 Å². The van der Waals surface area contributed by atoms with Crippen molar-refractivity contribution >= 4 is 6.08 Å². The third-order valence-corrected chi connectivity index (χ3v) is 3.17. The van der Waals surface area contributed by atoms with Crippen LogP contribution in [-0.4, -0.2) is 19.8 Å². The second-order valence-corrected chi connectivity index (χ2v) is 4.53. The van der Waals surface area contributed by atoms with E-state index in [0.717, 1.165) is 23.3 Å². The molecule has 0 bridgehead atoms. The summed E-state index contributed by atoms with van der Waals surface area (Å²) in [4.78, 5) is 0. The SMILES string of the molecule is C=CCCOc1ccc(C2(C)OCCO2)cc1C=C. The summed E-state index contributed by atoms with van der Waals surface area (Å²) in [6.07, 6.45) is 4.44. The van der Waals surface area contributed by atoms with Crippen molar-refractivity contribution in [3.8, 4) is 5.75 Å². The summed E-state index contributed by atoms with van der Waals surface area (Å²) >= 11 is 0. The van der Waals surface area contributed by atoms with Crippen LogP contribution in [-0.2, 0) is 15.3 Å². The van der Waals surface area contributed by atoms with Gasteiger partial charge in [0.2, 0.25) is 0 Å². The van der Waals surface area contributed by atoms with Crippen LogP contribution in [0.25, 0.3) is 6.08 Å². The van der Waals surface area contributed by atoms with E-state index >= 15 is 0 Å². The van der Waals surface area contributed by atoms with Gasteiger partial charge < -0.3 is 14.2 Å². The molecular formula is C16H20O3. The zero-order chi connectivity index (χ0) is 13.7. The van der Waals surface area contributed by atoms with Crippen LogP contribution < -0.4 is 4.74 Å². The lowest BCUT2D eigenvalue weighted by atomic mass is 10.0. The first-order valence-electron chi connectivity index (χ1n) is 6.48. The number of hydrogen-bond donors (Lipinski definition) is 0. The highest BCUT2D eigenvalue weighted by molar-refractivity contribution is 5.57. The predicted molar refractivity (Wildman–Crippen MR) is 76.1 cm³/mol. The van der Waals surface area contributed by atoms with E-state index < -0.39 is 5.79 Å². The largest absolute Gasteiger partial charge is 0.493 e. The lowest BCUT2D eigenvalue weighted by Crippen LogP contribution is -2.22. The molecule has 1 saturated heterocycles. The quantitative estimate of drug-likeness (QED) is 0.578. The Bertz CT molecular complexity index is 459. The zero-order valence-electron chi connectivity index (χ0n) is 11.4. The number of benzene rings is 1. The molecule has 3 heteroatoms. The molecule has 0 amide bonds. The van der Waals surface area contributed by atoms with E-state index in [1.165, 1.54) is 0 Å². The van der Waals surface area contributed by atoms with Crippen LogP contribution in [0, 0.1) is 0 Å². The molecule has 0 radical (unpaired) electrons. The molecule has 19 heavy (non-hydrogen) atoms. The molecule has 2 rings (SSSR count). The summed E-state index contributed by atoms with van der Waals surface area (Å²) in [7, 11) is 0. The molecule has 3 nitrogen and oxygen atoms in total. The smallest absolute Gasteiger partial charge is 0.192 e. The first-order chi connectivity index (χ1) is 9.19. The lowest BCUT2D eigenvalue weighted by molar-refractivity contribution is -0.149. The topological polar surface area (TPSA) is 27.7 Å². The molecule has 0 unspecified atom stereocenters. The highest BCUT2D eigenvalue weighted by atomic mass is 16.7. The zero-order valence-corrected chi connectivity index (χ0v) is 11.4. The fourth-order valence-electron chi connectivity index (χ4n) is 2.06. The van der Waals surface area contributed by atoms with Gasteiger partial charge in [-0.3, -0.25) is 0 Å². The summed E-state index contributed by atoms with van der Waals surface area (Å²) in [5.41, 5.74) is 1.93. The van der Waals surface area contributed by atoms with Crippen LogP contribution in [0.4, 0.5) is 0 Å². The van der Waals surface area contributed by atoms with Gasteiger partial charge in [-0.25, -0.2) is 0 Å². The van der Waals surface area contributed by atoms with Crippen molar-refractivity contribution in [3.63, 3.8) is 0 Å². The van der Waals surface area contributed by atoms with Crippen molar-refractivity contribution in [1.82, 2.24) is 0 Å². The minimum Gasteiger partial charge on any atom is -0.493 e. The highest BCUT2D eigenvalue weighted by Crippen LogP contribution is 2.33. The maximum Gasteiger partial charge on any atom is 0.192 e. The molecule has 0 atom stereocenters. The molecular weight excluding hydrogens is 240 g/mol. The second kappa shape index (κ2) is 6.04. The highest BCUT2D eigenvalue weighted by Gasteiger charge is 2.33. The Balaban J connectivity index is 2.20. The number of ether oxygens (including phenoxy) is 3. The molecule has 0 N–H and O–H groups in total. The van der Waals surface area contributed by atoms with Crippen LogP contribution >= 0.6 is 0 Å². The van der Waals surface area contributed by atoms with Crippen molar-refractivity contribution in [2.24, 2.45) is 0 Å². The molecule has 1 aliphatic heterocycles. The molecule has 1 fully saturated rings. The summed E-state index contributed by atoms with van der Waals surface area (Å²) in [6, 6.07) is 5.91. The lowest BCUT2D eigenvalue weighted by Gasteiger charge is -2.23. The standard InChI is InChI=1S/C16H20O3/c1-4-6-9-17-15-8-7-14(12-13(15)5-2)16(3)18-10-11-19-16/h4-5,7-8,12H,1-2,6,9-11H2,3H3. The van der Waals surface area contributed by atoms with Crippen LogP contribution in [0.1, 0.15) is 24.5 Å². The van der Waals surface area contributed by atoms with Crippen molar-refractivity contribution in [2.75, 3.05) is 19.8 Å². The Morgan fingerprint density at radius 2 is 2.05 bits per heavy atom. The fourth-order valence-corrected chi connectivity index (χ4v) is 2.06. The van der Waals surface area contributed by atoms with Gasteiger partial charge in [-0.05, 0) is 31.5 Å².